The van der Waals surface area contributed by atoms with E-state index in [0.29, 0.717) is 6.04 Å². The SMILES string of the molecule is C1CC(C[C@H]2COCCN2)C1. The highest BCUT2D eigenvalue weighted by atomic mass is 16.5. The molecule has 1 N–H and O–H groups in total. The van der Waals surface area contributed by atoms with Gasteiger partial charge in [-0.15, -0.1) is 0 Å². The standard InChI is InChI=1S/C9H17NO/c1-2-8(3-1)6-9-7-11-5-4-10-9/h8-10H,1-7H2/t9-/m0/s1. The Balaban J connectivity index is 1.67. The number of hydrogen-bond donors (Lipinski definition) is 1. The first-order valence-electron chi connectivity index (χ1n) is 4.76. The van der Waals surface area contributed by atoms with Gasteiger partial charge in [0, 0.05) is 12.6 Å². The van der Waals surface area contributed by atoms with Gasteiger partial charge in [0.1, 0.15) is 0 Å². The largest absolute Gasteiger partial charge is 0.379 e. The zero-order valence-corrected chi connectivity index (χ0v) is 7.01. The van der Waals surface area contributed by atoms with Gasteiger partial charge in [0.2, 0.25) is 0 Å². The van der Waals surface area contributed by atoms with E-state index in [4.69, 9.17) is 4.74 Å². The van der Waals surface area contributed by atoms with E-state index in [1.165, 1.54) is 25.7 Å². The third-order valence-corrected chi connectivity index (χ3v) is 2.84. The first-order valence-corrected chi connectivity index (χ1v) is 4.76. The molecule has 2 heteroatoms. The smallest absolute Gasteiger partial charge is 0.0620 e. The lowest BCUT2D eigenvalue weighted by atomic mass is 9.81. The number of morpholine rings is 1. The molecule has 2 nitrogen and oxygen atoms in total. The molecule has 64 valence electrons. The van der Waals surface area contributed by atoms with Crippen LogP contribution in [0, 0.1) is 5.92 Å². The summed E-state index contributed by atoms with van der Waals surface area (Å²) in [7, 11) is 0. The van der Waals surface area contributed by atoms with E-state index >= 15 is 0 Å². The molecule has 0 aromatic rings. The fourth-order valence-corrected chi connectivity index (χ4v) is 1.90. The molecular formula is C9H17NO. The molecule has 1 saturated carbocycles. The molecule has 1 aliphatic heterocycles. The van der Waals surface area contributed by atoms with Crippen molar-refractivity contribution in [2.75, 3.05) is 19.8 Å². The van der Waals surface area contributed by atoms with Crippen LogP contribution in [-0.4, -0.2) is 25.8 Å². The van der Waals surface area contributed by atoms with Crippen molar-refractivity contribution in [2.45, 2.75) is 31.7 Å². The third kappa shape index (κ3) is 1.94. The molecule has 2 aliphatic rings. The van der Waals surface area contributed by atoms with E-state index < -0.39 is 0 Å². The second-order valence-corrected chi connectivity index (χ2v) is 3.76. The van der Waals surface area contributed by atoms with E-state index in [1.807, 2.05) is 0 Å². The molecule has 1 saturated heterocycles. The minimum Gasteiger partial charge on any atom is -0.379 e. The minimum atomic E-state index is 0.661. The van der Waals surface area contributed by atoms with Crippen molar-refractivity contribution in [2.24, 2.45) is 5.92 Å². The van der Waals surface area contributed by atoms with Crippen molar-refractivity contribution in [3.05, 3.63) is 0 Å². The quantitative estimate of drug-likeness (QED) is 0.646. The Morgan fingerprint density at radius 1 is 1.36 bits per heavy atom. The van der Waals surface area contributed by atoms with Crippen molar-refractivity contribution in [1.29, 1.82) is 0 Å². The fourth-order valence-electron chi connectivity index (χ4n) is 1.90. The molecule has 0 unspecified atom stereocenters. The molecular weight excluding hydrogens is 138 g/mol. The van der Waals surface area contributed by atoms with Crippen LogP contribution in [0.3, 0.4) is 0 Å². The zero-order valence-electron chi connectivity index (χ0n) is 7.01. The number of hydrogen-bond acceptors (Lipinski definition) is 2. The summed E-state index contributed by atoms with van der Waals surface area (Å²) >= 11 is 0. The summed E-state index contributed by atoms with van der Waals surface area (Å²) in [6.07, 6.45) is 5.72. The molecule has 0 radical (unpaired) electrons. The van der Waals surface area contributed by atoms with Gasteiger partial charge < -0.3 is 10.1 Å². The summed E-state index contributed by atoms with van der Waals surface area (Å²) in [5.74, 6) is 1.01. The van der Waals surface area contributed by atoms with Crippen molar-refractivity contribution in [3.63, 3.8) is 0 Å². The van der Waals surface area contributed by atoms with Crippen molar-refractivity contribution in [3.8, 4) is 0 Å². The van der Waals surface area contributed by atoms with Crippen LogP contribution >= 0.6 is 0 Å². The first kappa shape index (κ1) is 7.56. The van der Waals surface area contributed by atoms with Crippen LogP contribution in [0.25, 0.3) is 0 Å². The maximum Gasteiger partial charge on any atom is 0.0620 e. The molecule has 11 heavy (non-hydrogen) atoms. The van der Waals surface area contributed by atoms with E-state index in [0.717, 1.165) is 25.7 Å². The van der Waals surface area contributed by atoms with Crippen LogP contribution in [0.2, 0.25) is 0 Å². The summed E-state index contributed by atoms with van der Waals surface area (Å²) in [6, 6.07) is 0.661. The lowest BCUT2D eigenvalue weighted by Gasteiger charge is -2.32. The molecule has 1 aliphatic carbocycles. The first-order chi connectivity index (χ1) is 5.45. The van der Waals surface area contributed by atoms with Gasteiger partial charge in [-0.1, -0.05) is 19.3 Å². The van der Waals surface area contributed by atoms with Crippen LogP contribution in [0.1, 0.15) is 25.7 Å². The van der Waals surface area contributed by atoms with E-state index in [2.05, 4.69) is 5.32 Å². The van der Waals surface area contributed by atoms with Gasteiger partial charge >= 0.3 is 0 Å². The number of ether oxygens (including phenoxy) is 1. The molecule has 0 spiro atoms. The van der Waals surface area contributed by atoms with Crippen LogP contribution < -0.4 is 5.32 Å². The average molecular weight is 155 g/mol. The van der Waals surface area contributed by atoms with Crippen molar-refractivity contribution >= 4 is 0 Å². The topological polar surface area (TPSA) is 21.3 Å². The lowest BCUT2D eigenvalue weighted by molar-refractivity contribution is 0.0627. The molecule has 2 rings (SSSR count). The van der Waals surface area contributed by atoms with Gasteiger partial charge in [-0.2, -0.15) is 0 Å². The average Bonchev–Trinajstić information content (AvgIpc) is 1.99. The highest BCUT2D eigenvalue weighted by Gasteiger charge is 2.22. The zero-order chi connectivity index (χ0) is 7.52. The van der Waals surface area contributed by atoms with Gasteiger partial charge in [0.05, 0.1) is 13.2 Å². The van der Waals surface area contributed by atoms with Crippen molar-refractivity contribution < 1.29 is 4.74 Å². The Morgan fingerprint density at radius 3 is 2.82 bits per heavy atom. The predicted octanol–water partition coefficient (Wildman–Crippen LogP) is 1.17. The monoisotopic (exact) mass is 155 g/mol. The van der Waals surface area contributed by atoms with E-state index in [1.54, 1.807) is 0 Å². The van der Waals surface area contributed by atoms with Crippen LogP contribution in [-0.2, 0) is 4.74 Å². The summed E-state index contributed by atoms with van der Waals surface area (Å²) in [4.78, 5) is 0. The minimum absolute atomic E-state index is 0.661. The highest BCUT2D eigenvalue weighted by molar-refractivity contribution is 4.78. The summed E-state index contributed by atoms with van der Waals surface area (Å²) in [5.41, 5.74) is 0. The third-order valence-electron chi connectivity index (χ3n) is 2.84. The predicted molar refractivity (Wildman–Crippen MR) is 44.6 cm³/mol. The molecule has 0 amide bonds. The summed E-state index contributed by atoms with van der Waals surface area (Å²) < 4.78 is 5.39. The number of nitrogens with one attached hydrogen (secondary N) is 1. The molecule has 1 heterocycles. The van der Waals surface area contributed by atoms with Gasteiger partial charge in [-0.3, -0.25) is 0 Å². The van der Waals surface area contributed by atoms with Gasteiger partial charge in [-0.05, 0) is 12.3 Å². The second-order valence-electron chi connectivity index (χ2n) is 3.76. The number of rotatable bonds is 2. The normalized spacial score (nSPS) is 33.3. The fraction of sp³-hybridized carbons (Fsp3) is 1.00. The van der Waals surface area contributed by atoms with Gasteiger partial charge in [-0.25, -0.2) is 0 Å². The van der Waals surface area contributed by atoms with Crippen LogP contribution in [0.4, 0.5) is 0 Å². The summed E-state index contributed by atoms with van der Waals surface area (Å²) in [6.45, 7) is 2.90. The van der Waals surface area contributed by atoms with E-state index in [-0.39, 0.29) is 0 Å². The second kappa shape index (κ2) is 3.55. The Morgan fingerprint density at radius 2 is 2.27 bits per heavy atom. The highest BCUT2D eigenvalue weighted by Crippen LogP contribution is 2.30. The summed E-state index contributed by atoms with van der Waals surface area (Å²) in [5, 5.41) is 3.49. The van der Waals surface area contributed by atoms with Crippen LogP contribution in [0.15, 0.2) is 0 Å². The Bertz CT molecular complexity index is 117. The van der Waals surface area contributed by atoms with Gasteiger partial charge in [0.15, 0.2) is 0 Å². The lowest BCUT2D eigenvalue weighted by Crippen LogP contribution is -2.42. The molecule has 0 aromatic carbocycles. The van der Waals surface area contributed by atoms with Crippen molar-refractivity contribution in [1.82, 2.24) is 5.32 Å². The Kier molecular flexibility index (Phi) is 2.44. The Labute approximate surface area is 68.3 Å². The maximum absolute atomic E-state index is 5.39. The molecule has 0 aromatic heterocycles. The Hall–Kier alpha value is -0.0800. The van der Waals surface area contributed by atoms with Crippen LogP contribution in [0.5, 0.6) is 0 Å². The molecule has 0 bridgehead atoms. The maximum atomic E-state index is 5.39. The molecule has 1 atom stereocenters. The van der Waals surface area contributed by atoms with Gasteiger partial charge in [0.25, 0.3) is 0 Å². The van der Waals surface area contributed by atoms with E-state index in [9.17, 15) is 0 Å². The molecule has 2 fully saturated rings.